The molecular weight excluding hydrogens is 1270 g/mol. The fraction of sp³-hybridized carbons (Fsp3) is 0. The van der Waals surface area contributed by atoms with Crippen molar-refractivity contribution in [1.82, 2.24) is 0 Å². The number of hydrogen-bond acceptors (Lipinski definition) is 6. The summed E-state index contributed by atoms with van der Waals surface area (Å²) in [5, 5.41) is 5.27. The smallest absolute Gasteiger partial charge is 0.0380 e. The average molecular weight is 1330 g/mol. The summed E-state index contributed by atoms with van der Waals surface area (Å²) in [6.07, 6.45) is 0. The fourth-order valence-electron chi connectivity index (χ4n) is 15.8. The Hall–Kier alpha value is -11.0. The molecule has 0 aliphatic carbocycles. The van der Waals surface area contributed by atoms with Gasteiger partial charge in [-0.3, -0.25) is 0 Å². The van der Waals surface area contributed by atoms with Crippen molar-refractivity contribution in [2.45, 2.75) is 0 Å². The van der Waals surface area contributed by atoms with E-state index in [-0.39, 0.29) is 42.4 Å². The molecule has 10 heteroatoms. The Balaban J connectivity index is 0.884. The predicted octanol–water partition coefficient (Wildman–Crippen LogP) is 17.8. The molecule has 16 aromatic rings. The minimum Gasteiger partial charge on any atom is -0.0602 e. The zero-order chi connectivity index (χ0) is 61.5. The van der Waals surface area contributed by atoms with Crippen LogP contribution in [0.25, 0.3) is 38.6 Å². The molecule has 4 aliphatic rings. The van der Waals surface area contributed by atoms with Gasteiger partial charge in [0.25, 0.3) is 0 Å². The molecule has 94 heavy (non-hydrogen) atoms. The molecule has 6 nitrogen and oxygen atoms in total. The van der Waals surface area contributed by atoms with Crippen LogP contribution in [0.1, 0.15) is 0 Å². The molecule has 0 spiro atoms. The Labute approximate surface area is 557 Å². The summed E-state index contributed by atoms with van der Waals surface area (Å²) in [4.78, 5) is 12.6. The Morgan fingerprint density at radius 2 is 0.702 bits per heavy atom. The van der Waals surface area contributed by atoms with Crippen molar-refractivity contribution in [2.24, 2.45) is 0 Å². The van der Waals surface area contributed by atoms with Gasteiger partial charge in [-0.2, -0.15) is 0 Å². The van der Waals surface area contributed by atoms with Crippen LogP contribution in [-0.2, 0) is 0 Å². The molecule has 6 heterocycles. The third kappa shape index (κ3) is 8.11. The van der Waals surface area contributed by atoms with Gasteiger partial charge in [-0.25, -0.2) is 0 Å². The van der Waals surface area contributed by atoms with E-state index in [1.165, 1.54) is 77.5 Å². The van der Waals surface area contributed by atoms with Gasteiger partial charge in [0.2, 0.25) is 0 Å². The van der Waals surface area contributed by atoms with E-state index in [0.717, 1.165) is 90.7 Å². The summed E-state index contributed by atoms with van der Waals surface area (Å²) in [5.41, 5.74) is 23.8. The molecule has 0 radical (unpaired) electrons. The van der Waals surface area contributed by atoms with Gasteiger partial charge >= 0.3 is 384 Å². The van der Waals surface area contributed by atoms with E-state index in [2.05, 4.69) is 346 Å². The van der Waals surface area contributed by atoms with Gasteiger partial charge in [0.15, 0.2) is 0 Å². The summed E-state index contributed by atoms with van der Waals surface area (Å²) in [5.74, 6) is 1.67. The molecule has 2 aromatic heterocycles. The van der Waals surface area contributed by atoms with E-state index in [1.807, 2.05) is 0 Å². The second-order valence-corrected chi connectivity index (χ2v) is 29.2. The first-order valence-electron chi connectivity index (χ1n) is 32.1. The van der Waals surface area contributed by atoms with E-state index >= 15 is 0 Å². The van der Waals surface area contributed by atoms with Crippen LogP contribution >= 0.6 is 0 Å². The molecule has 0 fully saturated rings. The van der Waals surface area contributed by atoms with Crippen molar-refractivity contribution in [3.63, 3.8) is 0 Å². The first-order chi connectivity index (χ1) is 46.7. The molecule has 0 amide bonds. The SMILES string of the molecule is c1ccc(N(c2ccccc2)c2cc3c4c(c2)N(c2ccccc2)c2ccccc2B4c2cc4c(cc2O3)N(c2ccccc2)c2cc(N(c3ccccc3)c3cccc5[se]c6ccccc6c35)cc3c2B4c2ccccc2N3c2cccc3[se]c4ccccc4c23)cc1. The molecule has 438 valence electrons. The van der Waals surface area contributed by atoms with Gasteiger partial charge in [0.05, 0.1) is 5.69 Å². The summed E-state index contributed by atoms with van der Waals surface area (Å²) < 4.78 is 13.4. The summed E-state index contributed by atoms with van der Waals surface area (Å²) in [6, 6.07) is 120. The minimum absolute atomic E-state index is 0.153. The van der Waals surface area contributed by atoms with Crippen LogP contribution in [0.2, 0.25) is 0 Å². The number of fused-ring (bicyclic) bond motifs is 14. The predicted molar refractivity (Wildman–Crippen MR) is 400 cm³/mol. The molecule has 0 saturated carbocycles. The first-order valence-corrected chi connectivity index (χ1v) is 35.6. The maximum Gasteiger partial charge on any atom is -0.0380 e. The maximum atomic E-state index is 7.80. The maximum absolute atomic E-state index is 7.80. The topological polar surface area (TPSA) is 25.4 Å². The van der Waals surface area contributed by atoms with Crippen LogP contribution in [0, 0.1) is 0 Å². The second kappa shape index (κ2) is 21.3. The monoisotopic (exact) mass is 1330 g/mol. The van der Waals surface area contributed by atoms with Gasteiger partial charge in [-0.15, -0.1) is 0 Å². The van der Waals surface area contributed by atoms with Crippen LogP contribution in [0.15, 0.2) is 322 Å². The van der Waals surface area contributed by atoms with E-state index in [1.54, 1.807) is 0 Å². The summed E-state index contributed by atoms with van der Waals surface area (Å²) in [6.45, 7) is -0.365. The molecule has 4 aliphatic heterocycles. The molecular formula is C84H53B2N5OSe2. The van der Waals surface area contributed by atoms with Gasteiger partial charge in [-0.1, -0.05) is 72.8 Å². The van der Waals surface area contributed by atoms with Crippen LogP contribution in [0.3, 0.4) is 0 Å². The molecule has 0 bridgehead atoms. The normalized spacial score (nSPS) is 13.1. The fourth-order valence-corrected chi connectivity index (χ4v) is 20.6. The van der Waals surface area contributed by atoms with Crippen molar-refractivity contribution in [1.29, 1.82) is 0 Å². The quantitative estimate of drug-likeness (QED) is 0.134. The minimum atomic E-state index is -0.186. The Bertz CT molecular complexity index is 5690. The molecule has 0 N–H and O–H groups in total. The van der Waals surface area contributed by atoms with Crippen LogP contribution in [-0.4, -0.2) is 42.4 Å². The van der Waals surface area contributed by atoms with Crippen molar-refractivity contribution in [3.05, 3.63) is 322 Å². The number of para-hydroxylation sites is 7. The Morgan fingerprint density at radius 1 is 0.266 bits per heavy atom. The van der Waals surface area contributed by atoms with Gasteiger partial charge in [-0.05, 0) is 48.5 Å². The molecule has 20 rings (SSSR count). The molecule has 0 atom stereocenters. The average Bonchev–Trinajstić information content (AvgIpc) is 0.762. The van der Waals surface area contributed by atoms with Gasteiger partial charge < -0.3 is 9.80 Å². The molecule has 0 saturated heterocycles. The van der Waals surface area contributed by atoms with Crippen LogP contribution < -0.4 is 62.0 Å². The van der Waals surface area contributed by atoms with Crippen LogP contribution in [0.5, 0.6) is 11.5 Å². The van der Waals surface area contributed by atoms with E-state index < -0.39 is 0 Å². The third-order valence-electron chi connectivity index (χ3n) is 19.6. The van der Waals surface area contributed by atoms with E-state index in [4.69, 9.17) is 4.74 Å². The van der Waals surface area contributed by atoms with E-state index in [0.29, 0.717) is 0 Å². The molecule has 14 aromatic carbocycles. The first kappa shape index (κ1) is 53.7. The number of rotatable bonds is 9. The zero-order valence-corrected chi connectivity index (χ0v) is 54.1. The van der Waals surface area contributed by atoms with Crippen LogP contribution in [0.4, 0.5) is 85.3 Å². The number of ether oxygens (including phenoxy) is 1. The zero-order valence-electron chi connectivity index (χ0n) is 50.7. The van der Waals surface area contributed by atoms with Gasteiger partial charge in [0, 0.05) is 34.5 Å². The van der Waals surface area contributed by atoms with Crippen molar-refractivity contribution < 1.29 is 4.74 Å². The second-order valence-electron chi connectivity index (χ2n) is 24.7. The standard InChI is InChI=1S/C84H53B2N5OSe2/c1-6-26-54(27-7-1)87(55-28-8-2-9-29-55)60-50-74-84-76(51-60)92-75-53-71-65(52-66(75)86(84)63-38-18-20-40-67(63)89(74)57-32-12-4-13-33-57)85-64-39-19-21-41-68(64)91(70-43-25-47-80-82(70)62-37-17-23-45-78(62)94-80)73-49-59(48-72(83(73)85)90(71)58-34-14-5-15-35-58)88(56-30-10-3-11-31-56)69-42-24-46-79-81(69)61-36-16-22-44-77(61)93-79/h1-53H. The van der Waals surface area contributed by atoms with Crippen molar-refractivity contribution >= 4 is 199 Å². The number of benzene rings is 14. The van der Waals surface area contributed by atoms with Gasteiger partial charge in [0.1, 0.15) is 5.75 Å². The van der Waals surface area contributed by atoms with Crippen molar-refractivity contribution in [2.75, 3.05) is 24.5 Å². The number of hydrogen-bond donors (Lipinski definition) is 0. The number of anilines is 15. The Kier molecular flexibility index (Phi) is 12.2. The third-order valence-corrected chi connectivity index (χ3v) is 24.3. The summed E-state index contributed by atoms with van der Waals surface area (Å²) >= 11 is 0.314. The largest absolute Gasteiger partial charge is 0.0602 e. The Morgan fingerprint density at radius 3 is 1.32 bits per heavy atom. The summed E-state index contributed by atoms with van der Waals surface area (Å²) in [7, 11) is 0. The van der Waals surface area contributed by atoms with Crippen molar-refractivity contribution in [3.8, 4) is 11.5 Å². The number of nitrogens with zero attached hydrogens (tertiary/aromatic N) is 5. The molecule has 0 unspecified atom stereocenters. The van der Waals surface area contributed by atoms with E-state index in [9.17, 15) is 0 Å².